The predicted molar refractivity (Wildman–Crippen MR) is 116 cm³/mol. The van der Waals surface area contributed by atoms with Gasteiger partial charge in [0.15, 0.2) is 6.10 Å². The van der Waals surface area contributed by atoms with Crippen molar-refractivity contribution in [3.8, 4) is 5.75 Å². The molecule has 2 heterocycles. The largest absolute Gasteiger partial charge is 0.480 e. The van der Waals surface area contributed by atoms with Crippen LogP contribution in [0.15, 0.2) is 18.2 Å². The summed E-state index contributed by atoms with van der Waals surface area (Å²) < 4.78 is 17.5. The predicted octanol–water partition coefficient (Wildman–Crippen LogP) is 4.58. The van der Waals surface area contributed by atoms with Gasteiger partial charge in [-0.15, -0.1) is 0 Å². The standard InChI is InChI=1S/C23H31ClN2O5/c1-2-19-21(27)26(17-10-12-29-13-11-17)22(18-14-15(24)8-9-20(18)30-19)31-23(28)25-16-6-4-3-5-7-16/h8-9,14,16-17,19,22H,2-7,10-13H2,1H3,(H,25,28). The van der Waals surface area contributed by atoms with Crippen LogP contribution in [0.3, 0.4) is 0 Å². The molecular formula is C23H31ClN2O5. The fourth-order valence-corrected chi connectivity index (χ4v) is 4.90. The molecule has 4 rings (SSSR count). The van der Waals surface area contributed by atoms with Gasteiger partial charge in [0.1, 0.15) is 5.75 Å². The number of nitrogens with zero attached hydrogens (tertiary/aromatic N) is 1. The van der Waals surface area contributed by atoms with Crippen LogP contribution in [0.1, 0.15) is 70.1 Å². The number of hydrogen-bond donors (Lipinski definition) is 1. The van der Waals surface area contributed by atoms with Crippen molar-refractivity contribution < 1.29 is 23.8 Å². The highest BCUT2D eigenvalue weighted by molar-refractivity contribution is 6.30. The summed E-state index contributed by atoms with van der Waals surface area (Å²) in [6.45, 7) is 3.04. The lowest BCUT2D eigenvalue weighted by Gasteiger charge is -2.39. The number of carbonyl (C=O) groups excluding carboxylic acids is 2. The minimum absolute atomic E-state index is 0.101. The Hall–Kier alpha value is -1.99. The topological polar surface area (TPSA) is 77.1 Å². The van der Waals surface area contributed by atoms with Gasteiger partial charge in [-0.05, 0) is 50.3 Å². The summed E-state index contributed by atoms with van der Waals surface area (Å²) >= 11 is 6.29. The molecule has 0 aromatic heterocycles. The van der Waals surface area contributed by atoms with Crippen LogP contribution >= 0.6 is 11.6 Å². The number of rotatable bonds is 4. The molecule has 2 fully saturated rings. The number of ether oxygens (including phenoxy) is 3. The highest BCUT2D eigenvalue weighted by Crippen LogP contribution is 2.39. The van der Waals surface area contributed by atoms with Crippen molar-refractivity contribution in [1.29, 1.82) is 0 Å². The van der Waals surface area contributed by atoms with Gasteiger partial charge in [0.25, 0.3) is 5.91 Å². The first-order chi connectivity index (χ1) is 15.1. The Bertz CT molecular complexity index is 792. The number of nitrogens with one attached hydrogen (secondary N) is 1. The summed E-state index contributed by atoms with van der Waals surface area (Å²) in [5.41, 5.74) is 0.599. The van der Waals surface area contributed by atoms with Crippen molar-refractivity contribution in [2.24, 2.45) is 0 Å². The van der Waals surface area contributed by atoms with Crippen LogP contribution in [-0.4, -0.2) is 48.3 Å². The molecule has 170 valence electrons. The van der Waals surface area contributed by atoms with Crippen LogP contribution < -0.4 is 10.1 Å². The quantitative estimate of drug-likeness (QED) is 0.726. The van der Waals surface area contributed by atoms with Gasteiger partial charge in [0.2, 0.25) is 6.23 Å². The first-order valence-corrected chi connectivity index (χ1v) is 11.8. The zero-order chi connectivity index (χ0) is 21.8. The molecular weight excluding hydrogens is 420 g/mol. The molecule has 7 nitrogen and oxygen atoms in total. The molecule has 2 aliphatic heterocycles. The van der Waals surface area contributed by atoms with E-state index in [-0.39, 0.29) is 18.0 Å². The summed E-state index contributed by atoms with van der Waals surface area (Å²) in [6, 6.07) is 5.21. The van der Waals surface area contributed by atoms with Gasteiger partial charge in [-0.2, -0.15) is 0 Å². The van der Waals surface area contributed by atoms with Crippen molar-refractivity contribution in [2.45, 2.75) is 82.7 Å². The van der Waals surface area contributed by atoms with E-state index in [1.807, 2.05) is 6.92 Å². The fourth-order valence-electron chi connectivity index (χ4n) is 4.72. The zero-order valence-electron chi connectivity index (χ0n) is 18.0. The fraction of sp³-hybridized carbons (Fsp3) is 0.652. The molecule has 1 saturated carbocycles. The smallest absolute Gasteiger partial charge is 0.409 e. The average molecular weight is 451 g/mol. The van der Waals surface area contributed by atoms with Crippen LogP contribution in [-0.2, 0) is 14.3 Å². The van der Waals surface area contributed by atoms with E-state index < -0.39 is 18.4 Å². The Labute approximate surface area is 188 Å². The minimum Gasteiger partial charge on any atom is -0.480 e. The minimum atomic E-state index is -0.899. The molecule has 0 radical (unpaired) electrons. The third-order valence-electron chi connectivity index (χ3n) is 6.39. The zero-order valence-corrected chi connectivity index (χ0v) is 18.7. The molecule has 2 unspecified atom stereocenters. The maximum Gasteiger partial charge on any atom is 0.409 e. The van der Waals surface area contributed by atoms with Crippen LogP contribution in [0.4, 0.5) is 4.79 Å². The third-order valence-corrected chi connectivity index (χ3v) is 6.63. The monoisotopic (exact) mass is 450 g/mol. The molecule has 1 aromatic rings. The van der Waals surface area contributed by atoms with Crippen molar-refractivity contribution in [1.82, 2.24) is 10.2 Å². The van der Waals surface area contributed by atoms with E-state index in [2.05, 4.69) is 5.32 Å². The molecule has 31 heavy (non-hydrogen) atoms. The Balaban J connectivity index is 1.66. The Kier molecular flexibility index (Phi) is 7.23. The van der Waals surface area contributed by atoms with Crippen LogP contribution in [0.25, 0.3) is 0 Å². The average Bonchev–Trinajstić information content (AvgIpc) is 2.89. The van der Waals surface area contributed by atoms with E-state index >= 15 is 0 Å². The van der Waals surface area contributed by atoms with Gasteiger partial charge in [0.05, 0.1) is 5.56 Å². The highest BCUT2D eigenvalue weighted by Gasteiger charge is 2.43. The van der Waals surface area contributed by atoms with Crippen LogP contribution in [0.5, 0.6) is 5.75 Å². The van der Waals surface area contributed by atoms with E-state index in [4.69, 9.17) is 25.8 Å². The lowest BCUT2D eigenvalue weighted by Crippen LogP contribution is -2.51. The SMILES string of the molecule is CCC1Oc2ccc(Cl)cc2C(OC(=O)NC2CCCCC2)N(C2CCOCC2)C1=O. The van der Waals surface area contributed by atoms with Crippen LogP contribution in [0.2, 0.25) is 5.02 Å². The maximum absolute atomic E-state index is 13.5. The Morgan fingerprint density at radius 3 is 2.65 bits per heavy atom. The number of fused-ring (bicyclic) bond motifs is 1. The van der Waals surface area contributed by atoms with Gasteiger partial charge in [-0.1, -0.05) is 37.8 Å². The van der Waals surface area contributed by atoms with Gasteiger partial charge in [-0.25, -0.2) is 4.79 Å². The van der Waals surface area contributed by atoms with E-state index in [1.54, 1.807) is 23.1 Å². The number of benzene rings is 1. The first kappa shape index (κ1) is 22.2. The number of carbonyl (C=O) groups is 2. The van der Waals surface area contributed by atoms with E-state index in [9.17, 15) is 9.59 Å². The van der Waals surface area contributed by atoms with Gasteiger partial charge in [-0.3, -0.25) is 9.69 Å². The number of amides is 2. The number of halogens is 1. The normalized spacial score (nSPS) is 25.4. The molecule has 2 atom stereocenters. The Morgan fingerprint density at radius 1 is 1.19 bits per heavy atom. The van der Waals surface area contributed by atoms with Crippen molar-refractivity contribution in [3.05, 3.63) is 28.8 Å². The summed E-state index contributed by atoms with van der Waals surface area (Å²) in [5.74, 6) is 0.354. The summed E-state index contributed by atoms with van der Waals surface area (Å²) in [5, 5.41) is 3.50. The van der Waals surface area contributed by atoms with Crippen molar-refractivity contribution >= 4 is 23.6 Å². The molecule has 1 aromatic carbocycles. The summed E-state index contributed by atoms with van der Waals surface area (Å²) in [4.78, 5) is 28.1. The van der Waals surface area contributed by atoms with Crippen LogP contribution in [0, 0.1) is 0 Å². The second-order valence-corrected chi connectivity index (χ2v) is 8.96. The van der Waals surface area contributed by atoms with Crippen molar-refractivity contribution in [3.63, 3.8) is 0 Å². The highest BCUT2D eigenvalue weighted by atomic mass is 35.5. The lowest BCUT2D eigenvalue weighted by molar-refractivity contribution is -0.155. The lowest BCUT2D eigenvalue weighted by atomic mass is 9.96. The second kappa shape index (κ2) is 10.1. The molecule has 2 amide bonds. The molecule has 1 saturated heterocycles. The van der Waals surface area contributed by atoms with Gasteiger partial charge < -0.3 is 19.5 Å². The molecule has 1 aliphatic carbocycles. The van der Waals surface area contributed by atoms with E-state index in [1.165, 1.54) is 6.42 Å². The summed E-state index contributed by atoms with van der Waals surface area (Å²) in [6.07, 6.45) is 5.13. The molecule has 0 bridgehead atoms. The number of alkyl carbamates (subject to hydrolysis) is 1. The second-order valence-electron chi connectivity index (χ2n) is 8.52. The molecule has 1 N–H and O–H groups in total. The molecule has 8 heteroatoms. The van der Waals surface area contributed by atoms with Crippen molar-refractivity contribution in [2.75, 3.05) is 13.2 Å². The van der Waals surface area contributed by atoms with Gasteiger partial charge >= 0.3 is 6.09 Å². The molecule has 3 aliphatic rings. The third kappa shape index (κ3) is 5.09. The Morgan fingerprint density at radius 2 is 1.94 bits per heavy atom. The maximum atomic E-state index is 13.5. The van der Waals surface area contributed by atoms with E-state index in [0.29, 0.717) is 48.8 Å². The van der Waals surface area contributed by atoms with E-state index in [0.717, 1.165) is 25.7 Å². The first-order valence-electron chi connectivity index (χ1n) is 11.4. The molecule has 0 spiro atoms. The summed E-state index contributed by atoms with van der Waals surface area (Å²) in [7, 11) is 0. The van der Waals surface area contributed by atoms with Gasteiger partial charge in [0, 0.05) is 30.3 Å². The number of hydrogen-bond acceptors (Lipinski definition) is 5.